The van der Waals surface area contributed by atoms with Crippen LogP contribution in [0.5, 0.6) is 5.75 Å². The number of hydrogen-bond acceptors (Lipinski definition) is 3. The van der Waals surface area contributed by atoms with E-state index in [1.54, 1.807) is 24.1 Å². The summed E-state index contributed by atoms with van der Waals surface area (Å²) in [6.45, 7) is 4.89. The number of urea groups is 1. The summed E-state index contributed by atoms with van der Waals surface area (Å²) in [5.41, 5.74) is 3.19. The molecule has 0 spiro atoms. The maximum Gasteiger partial charge on any atom is 0.321 e. The fraction of sp³-hybridized carbons (Fsp3) is 0.263. The van der Waals surface area contributed by atoms with Crippen LogP contribution in [0, 0.1) is 18.3 Å². The summed E-state index contributed by atoms with van der Waals surface area (Å²) >= 11 is 0. The number of nitrogens with zero attached hydrogens (tertiary/aromatic N) is 2. The topological polar surface area (TPSA) is 65.4 Å². The minimum atomic E-state index is -0.204. The number of rotatable bonds is 5. The summed E-state index contributed by atoms with van der Waals surface area (Å²) in [7, 11) is 1.72. The number of nitriles is 1. The molecule has 0 unspecified atom stereocenters. The number of benzene rings is 2. The average molecular weight is 323 g/mol. The van der Waals surface area contributed by atoms with Crippen molar-refractivity contribution in [2.45, 2.75) is 20.4 Å². The van der Waals surface area contributed by atoms with E-state index in [0.717, 1.165) is 22.6 Å². The van der Waals surface area contributed by atoms with Gasteiger partial charge >= 0.3 is 6.03 Å². The molecule has 2 rings (SSSR count). The number of aryl methyl sites for hydroxylation is 1. The van der Waals surface area contributed by atoms with Gasteiger partial charge in [0.1, 0.15) is 5.75 Å². The molecular formula is C19H21N3O2. The maximum atomic E-state index is 12.4. The second-order valence-corrected chi connectivity index (χ2v) is 5.51. The molecule has 5 heteroatoms. The first kappa shape index (κ1) is 17.4. The van der Waals surface area contributed by atoms with Gasteiger partial charge in [-0.15, -0.1) is 0 Å². The molecule has 24 heavy (non-hydrogen) atoms. The smallest absolute Gasteiger partial charge is 0.321 e. The molecule has 0 saturated carbocycles. The molecule has 0 fully saturated rings. The standard InChI is InChI=1S/C19H21N3O2/c1-4-24-17-8-9-18(14(2)10-17)21-19(23)22(3)13-16-7-5-6-15(11-16)12-20/h5-11H,4,13H2,1-3H3,(H,21,23). The van der Waals surface area contributed by atoms with Crippen LogP contribution in [0.2, 0.25) is 0 Å². The Morgan fingerprint density at radius 3 is 2.75 bits per heavy atom. The Hall–Kier alpha value is -3.00. The van der Waals surface area contributed by atoms with Gasteiger partial charge in [0.15, 0.2) is 0 Å². The van der Waals surface area contributed by atoms with Gasteiger partial charge in [0, 0.05) is 19.3 Å². The molecule has 1 N–H and O–H groups in total. The molecule has 0 aliphatic rings. The lowest BCUT2D eigenvalue weighted by molar-refractivity contribution is 0.220. The van der Waals surface area contributed by atoms with Gasteiger partial charge in [0.05, 0.1) is 18.2 Å². The fourth-order valence-corrected chi connectivity index (χ4v) is 2.33. The van der Waals surface area contributed by atoms with Crippen molar-refractivity contribution >= 4 is 11.7 Å². The lowest BCUT2D eigenvalue weighted by Gasteiger charge is -2.19. The fourth-order valence-electron chi connectivity index (χ4n) is 2.33. The quantitative estimate of drug-likeness (QED) is 0.906. The summed E-state index contributed by atoms with van der Waals surface area (Å²) in [6.07, 6.45) is 0. The monoisotopic (exact) mass is 323 g/mol. The Bertz CT molecular complexity index is 765. The SMILES string of the molecule is CCOc1ccc(NC(=O)N(C)Cc2cccc(C#N)c2)c(C)c1. The van der Waals surface area contributed by atoms with E-state index in [2.05, 4.69) is 11.4 Å². The Kier molecular flexibility index (Phi) is 5.80. The zero-order chi connectivity index (χ0) is 17.5. The van der Waals surface area contributed by atoms with E-state index < -0.39 is 0 Å². The molecule has 5 nitrogen and oxygen atoms in total. The zero-order valence-electron chi connectivity index (χ0n) is 14.2. The van der Waals surface area contributed by atoms with Crippen LogP contribution in [0.4, 0.5) is 10.5 Å². The molecule has 124 valence electrons. The van der Waals surface area contributed by atoms with Crippen molar-refractivity contribution in [2.75, 3.05) is 19.0 Å². The third kappa shape index (κ3) is 4.50. The molecule has 2 amide bonds. The molecule has 0 radical (unpaired) electrons. The summed E-state index contributed by atoms with van der Waals surface area (Å²) in [5, 5.41) is 11.8. The van der Waals surface area contributed by atoms with Crippen LogP contribution in [0.25, 0.3) is 0 Å². The van der Waals surface area contributed by atoms with Crippen LogP contribution in [0.1, 0.15) is 23.6 Å². The predicted octanol–water partition coefficient (Wildman–Crippen LogP) is 3.93. The normalized spacial score (nSPS) is 9.92. The second-order valence-electron chi connectivity index (χ2n) is 5.51. The zero-order valence-corrected chi connectivity index (χ0v) is 14.2. The van der Waals surface area contributed by atoms with E-state index in [1.165, 1.54) is 0 Å². The van der Waals surface area contributed by atoms with Crippen molar-refractivity contribution < 1.29 is 9.53 Å². The summed E-state index contributed by atoms with van der Waals surface area (Å²) in [5.74, 6) is 0.787. The van der Waals surface area contributed by atoms with E-state index in [9.17, 15) is 4.79 Å². The first-order valence-corrected chi connectivity index (χ1v) is 7.78. The Morgan fingerprint density at radius 2 is 2.08 bits per heavy atom. The largest absolute Gasteiger partial charge is 0.494 e. The van der Waals surface area contributed by atoms with E-state index in [1.807, 2.05) is 44.2 Å². The highest BCUT2D eigenvalue weighted by atomic mass is 16.5. The first-order valence-electron chi connectivity index (χ1n) is 7.78. The number of amides is 2. The highest BCUT2D eigenvalue weighted by Crippen LogP contribution is 2.21. The van der Waals surface area contributed by atoms with Gasteiger partial charge in [-0.1, -0.05) is 12.1 Å². The van der Waals surface area contributed by atoms with Crippen LogP contribution in [-0.4, -0.2) is 24.6 Å². The molecule has 0 bridgehead atoms. The number of nitrogens with one attached hydrogen (secondary N) is 1. The van der Waals surface area contributed by atoms with Crippen molar-refractivity contribution in [1.29, 1.82) is 5.26 Å². The minimum Gasteiger partial charge on any atom is -0.494 e. The summed E-state index contributed by atoms with van der Waals surface area (Å²) < 4.78 is 5.45. The van der Waals surface area contributed by atoms with Gasteiger partial charge in [-0.05, 0) is 55.3 Å². The molecule has 2 aromatic carbocycles. The first-order chi connectivity index (χ1) is 11.5. The third-order valence-corrected chi connectivity index (χ3v) is 3.57. The van der Waals surface area contributed by atoms with Crippen LogP contribution in [0.15, 0.2) is 42.5 Å². The molecule has 0 aliphatic heterocycles. The number of hydrogen-bond donors (Lipinski definition) is 1. The molecule has 0 atom stereocenters. The summed E-state index contributed by atoms with van der Waals surface area (Å²) in [6, 6.07) is 14.7. The lowest BCUT2D eigenvalue weighted by Crippen LogP contribution is -2.31. The number of carbonyl (C=O) groups excluding carboxylic acids is 1. The predicted molar refractivity (Wildman–Crippen MR) is 94.0 cm³/mol. The van der Waals surface area contributed by atoms with Crippen molar-refractivity contribution in [1.82, 2.24) is 4.90 Å². The third-order valence-electron chi connectivity index (χ3n) is 3.57. The number of anilines is 1. The minimum absolute atomic E-state index is 0.204. The van der Waals surface area contributed by atoms with Crippen LogP contribution in [0.3, 0.4) is 0 Å². The van der Waals surface area contributed by atoms with Crippen molar-refractivity contribution in [3.05, 3.63) is 59.2 Å². The molecular weight excluding hydrogens is 302 g/mol. The molecule has 0 aromatic heterocycles. The number of ether oxygens (including phenoxy) is 1. The van der Waals surface area contributed by atoms with Gasteiger partial charge < -0.3 is 15.0 Å². The summed E-state index contributed by atoms with van der Waals surface area (Å²) in [4.78, 5) is 13.9. The molecule has 0 aliphatic carbocycles. The highest BCUT2D eigenvalue weighted by Gasteiger charge is 2.11. The maximum absolute atomic E-state index is 12.4. The van der Waals surface area contributed by atoms with Crippen LogP contribution >= 0.6 is 0 Å². The van der Waals surface area contributed by atoms with Crippen molar-refractivity contribution in [2.24, 2.45) is 0 Å². The Labute approximate surface area is 142 Å². The Balaban J connectivity index is 2.02. The second kappa shape index (κ2) is 8.02. The van der Waals surface area contributed by atoms with Gasteiger partial charge in [-0.25, -0.2) is 4.79 Å². The van der Waals surface area contributed by atoms with Crippen LogP contribution < -0.4 is 10.1 Å². The lowest BCUT2D eigenvalue weighted by atomic mass is 10.1. The van der Waals surface area contributed by atoms with Gasteiger partial charge in [0.25, 0.3) is 0 Å². The van der Waals surface area contributed by atoms with E-state index in [0.29, 0.717) is 18.7 Å². The van der Waals surface area contributed by atoms with Crippen LogP contribution in [-0.2, 0) is 6.54 Å². The van der Waals surface area contributed by atoms with E-state index >= 15 is 0 Å². The van der Waals surface area contributed by atoms with E-state index in [4.69, 9.17) is 10.00 Å². The van der Waals surface area contributed by atoms with Crippen molar-refractivity contribution in [3.63, 3.8) is 0 Å². The highest BCUT2D eigenvalue weighted by molar-refractivity contribution is 5.90. The van der Waals surface area contributed by atoms with Gasteiger partial charge in [-0.2, -0.15) is 5.26 Å². The molecule has 0 saturated heterocycles. The van der Waals surface area contributed by atoms with Crippen molar-refractivity contribution in [3.8, 4) is 11.8 Å². The number of carbonyl (C=O) groups is 1. The Morgan fingerprint density at radius 1 is 1.29 bits per heavy atom. The van der Waals surface area contributed by atoms with Gasteiger partial charge in [-0.3, -0.25) is 0 Å². The average Bonchev–Trinajstić information content (AvgIpc) is 2.57. The van der Waals surface area contributed by atoms with Gasteiger partial charge in [0.2, 0.25) is 0 Å². The molecule has 2 aromatic rings. The molecule has 0 heterocycles. The van der Waals surface area contributed by atoms with E-state index in [-0.39, 0.29) is 6.03 Å².